The third-order valence-electron chi connectivity index (χ3n) is 9.11. The molecule has 4 aromatic rings. The van der Waals surface area contributed by atoms with Crippen molar-refractivity contribution >= 4 is 0 Å². The summed E-state index contributed by atoms with van der Waals surface area (Å²) in [6, 6.07) is 31.5. The lowest BCUT2D eigenvalue weighted by Crippen LogP contribution is -2.25. The first-order chi connectivity index (χ1) is 25.8. The van der Waals surface area contributed by atoms with Crippen LogP contribution in [-0.4, -0.2) is 86.5 Å². The first kappa shape index (κ1) is 42.6. The number of hydrogen-bond acceptors (Lipinski definition) is 9. The molecule has 0 heterocycles. The molecule has 0 bridgehead atoms. The van der Waals surface area contributed by atoms with Crippen molar-refractivity contribution in [1.29, 1.82) is 0 Å². The van der Waals surface area contributed by atoms with E-state index in [1.807, 2.05) is 104 Å². The highest BCUT2D eigenvalue weighted by atomic mass is 16.5. The first-order valence-corrected chi connectivity index (χ1v) is 18.9. The topological polar surface area (TPSA) is 116 Å². The molecule has 0 saturated carbocycles. The van der Waals surface area contributed by atoms with Gasteiger partial charge in [0.1, 0.15) is 67.7 Å². The number of aryl methyl sites for hydroxylation is 1. The van der Waals surface area contributed by atoms with Gasteiger partial charge in [-0.15, -0.1) is 0 Å². The van der Waals surface area contributed by atoms with E-state index in [2.05, 4.69) is 34.6 Å². The van der Waals surface area contributed by atoms with E-state index in [-0.39, 0.29) is 50.5 Å². The van der Waals surface area contributed by atoms with Gasteiger partial charge in [0.25, 0.3) is 0 Å². The summed E-state index contributed by atoms with van der Waals surface area (Å²) in [4.78, 5) is 0. The Morgan fingerprint density at radius 2 is 0.722 bits per heavy atom. The van der Waals surface area contributed by atoms with Gasteiger partial charge in [0.2, 0.25) is 0 Å². The second-order valence-corrected chi connectivity index (χ2v) is 15.3. The Balaban J connectivity index is 1.05. The van der Waals surface area contributed by atoms with Crippen LogP contribution in [0.1, 0.15) is 69.7 Å². The van der Waals surface area contributed by atoms with E-state index in [1.54, 1.807) is 0 Å². The molecule has 0 radical (unpaired) electrons. The van der Waals surface area contributed by atoms with Gasteiger partial charge in [-0.2, -0.15) is 0 Å². The van der Waals surface area contributed by atoms with Crippen molar-refractivity contribution in [2.75, 3.05) is 52.9 Å². The van der Waals surface area contributed by atoms with E-state index in [0.29, 0.717) is 30.5 Å². The second kappa shape index (κ2) is 21.1. The van der Waals surface area contributed by atoms with Gasteiger partial charge < -0.3 is 43.7 Å². The molecule has 0 fully saturated rings. The van der Waals surface area contributed by atoms with Gasteiger partial charge in [-0.25, -0.2) is 0 Å². The zero-order valence-corrected chi connectivity index (χ0v) is 32.8. The van der Waals surface area contributed by atoms with Crippen LogP contribution in [0.2, 0.25) is 0 Å². The Kier molecular flexibility index (Phi) is 16.7. The van der Waals surface area contributed by atoms with Gasteiger partial charge in [0.05, 0.1) is 13.2 Å². The number of aliphatic hydroxyl groups excluding tert-OH is 3. The molecule has 54 heavy (non-hydrogen) atoms. The molecule has 0 spiro atoms. The molecular formula is C45H60O9. The third kappa shape index (κ3) is 14.6. The highest BCUT2D eigenvalue weighted by Gasteiger charge is 2.23. The predicted octanol–water partition coefficient (Wildman–Crippen LogP) is 7.43. The van der Waals surface area contributed by atoms with Crippen LogP contribution in [0.4, 0.5) is 0 Å². The molecule has 0 aliphatic rings. The average molecular weight is 745 g/mol. The van der Waals surface area contributed by atoms with Gasteiger partial charge in [-0.05, 0) is 90.4 Å². The number of ether oxygens (including phenoxy) is 6. The van der Waals surface area contributed by atoms with Crippen molar-refractivity contribution in [3.63, 3.8) is 0 Å². The maximum atomic E-state index is 10.4. The van der Waals surface area contributed by atoms with E-state index in [0.717, 1.165) is 35.3 Å². The van der Waals surface area contributed by atoms with Crippen LogP contribution < -0.4 is 18.9 Å². The largest absolute Gasteiger partial charge is 0.491 e. The number of aliphatic hydroxyl groups is 3. The van der Waals surface area contributed by atoms with E-state index >= 15 is 0 Å². The molecule has 3 atom stereocenters. The van der Waals surface area contributed by atoms with Crippen LogP contribution in [0, 0.1) is 6.92 Å². The molecule has 4 rings (SSSR count). The standard InChI is InChI=1S/C45H60O9/c1-33-9-17-40(18-10-33)53-31-39(48)32-54-43-23-15-36(16-24-43)45(5,6)35-13-21-42(22-14-35)52-30-38(47)28-50-26-8-7-25-49-27-37(46)29-51-41-19-11-34(12-20-41)44(2,3)4/h9-24,37-39,46-48H,7-8,25-32H2,1-6H3. The molecule has 0 aliphatic heterocycles. The summed E-state index contributed by atoms with van der Waals surface area (Å²) >= 11 is 0. The maximum Gasteiger partial charge on any atom is 0.122 e. The molecule has 9 heteroatoms. The summed E-state index contributed by atoms with van der Waals surface area (Å²) in [5, 5.41) is 30.8. The van der Waals surface area contributed by atoms with E-state index < -0.39 is 18.3 Å². The smallest absolute Gasteiger partial charge is 0.122 e. The first-order valence-electron chi connectivity index (χ1n) is 18.9. The van der Waals surface area contributed by atoms with E-state index in [9.17, 15) is 15.3 Å². The highest BCUT2D eigenvalue weighted by molar-refractivity contribution is 5.42. The average Bonchev–Trinajstić information content (AvgIpc) is 3.16. The Labute approximate surface area is 321 Å². The monoisotopic (exact) mass is 744 g/mol. The lowest BCUT2D eigenvalue weighted by atomic mass is 9.78. The number of unbranched alkanes of at least 4 members (excludes halogenated alkanes) is 1. The van der Waals surface area contributed by atoms with Crippen molar-refractivity contribution in [1.82, 2.24) is 0 Å². The molecule has 9 nitrogen and oxygen atoms in total. The normalized spacial score (nSPS) is 13.6. The molecule has 3 N–H and O–H groups in total. The van der Waals surface area contributed by atoms with Crippen LogP contribution in [0.25, 0.3) is 0 Å². The Morgan fingerprint density at radius 1 is 0.426 bits per heavy atom. The van der Waals surface area contributed by atoms with Crippen LogP contribution in [-0.2, 0) is 20.3 Å². The summed E-state index contributed by atoms with van der Waals surface area (Å²) in [7, 11) is 0. The van der Waals surface area contributed by atoms with Crippen LogP contribution in [0.15, 0.2) is 97.1 Å². The van der Waals surface area contributed by atoms with Crippen LogP contribution >= 0.6 is 0 Å². The minimum Gasteiger partial charge on any atom is -0.491 e. The zero-order chi connectivity index (χ0) is 39.0. The van der Waals surface area contributed by atoms with Crippen LogP contribution in [0.3, 0.4) is 0 Å². The summed E-state index contributed by atoms with van der Waals surface area (Å²) in [6.07, 6.45) is -0.648. The summed E-state index contributed by atoms with van der Waals surface area (Å²) in [5.74, 6) is 2.79. The third-order valence-corrected chi connectivity index (χ3v) is 9.11. The van der Waals surface area contributed by atoms with Crippen molar-refractivity contribution in [3.8, 4) is 23.0 Å². The van der Waals surface area contributed by atoms with Gasteiger partial charge in [-0.1, -0.05) is 88.7 Å². The van der Waals surface area contributed by atoms with Crippen molar-refractivity contribution in [2.24, 2.45) is 0 Å². The lowest BCUT2D eigenvalue weighted by molar-refractivity contribution is 0.000263. The predicted molar refractivity (Wildman–Crippen MR) is 212 cm³/mol. The van der Waals surface area contributed by atoms with Crippen LogP contribution in [0.5, 0.6) is 23.0 Å². The number of benzene rings is 4. The van der Waals surface area contributed by atoms with Gasteiger partial charge in [0, 0.05) is 18.6 Å². The highest BCUT2D eigenvalue weighted by Crippen LogP contribution is 2.33. The summed E-state index contributed by atoms with van der Waals surface area (Å²) < 4.78 is 34.2. The van der Waals surface area contributed by atoms with E-state index in [1.165, 1.54) is 5.56 Å². The number of rotatable bonds is 23. The molecule has 0 aliphatic carbocycles. The summed E-state index contributed by atoms with van der Waals surface area (Å²) in [6.45, 7) is 14.8. The molecule has 0 amide bonds. The summed E-state index contributed by atoms with van der Waals surface area (Å²) in [5.41, 5.74) is 4.43. The van der Waals surface area contributed by atoms with Crippen molar-refractivity contribution in [3.05, 3.63) is 119 Å². The van der Waals surface area contributed by atoms with Gasteiger partial charge in [-0.3, -0.25) is 0 Å². The van der Waals surface area contributed by atoms with Crippen molar-refractivity contribution < 1.29 is 43.7 Å². The Bertz CT molecular complexity index is 1610. The van der Waals surface area contributed by atoms with Crippen molar-refractivity contribution in [2.45, 2.75) is 83.5 Å². The lowest BCUT2D eigenvalue weighted by Gasteiger charge is -2.26. The molecule has 0 saturated heterocycles. The quantitative estimate of drug-likeness (QED) is 0.0668. The second-order valence-electron chi connectivity index (χ2n) is 15.3. The van der Waals surface area contributed by atoms with Gasteiger partial charge in [0.15, 0.2) is 0 Å². The fraction of sp³-hybridized carbons (Fsp3) is 0.467. The number of hydrogen-bond donors (Lipinski definition) is 3. The zero-order valence-electron chi connectivity index (χ0n) is 32.8. The SMILES string of the molecule is Cc1ccc(OCC(O)COc2ccc(C(C)(C)c3ccc(OCC(O)COCCCCOCC(O)COc4ccc(C(C)(C)C)cc4)cc3)cc2)cc1. The fourth-order valence-corrected chi connectivity index (χ4v) is 5.55. The maximum absolute atomic E-state index is 10.4. The van der Waals surface area contributed by atoms with E-state index in [4.69, 9.17) is 28.4 Å². The minimum absolute atomic E-state index is 0.0839. The molecule has 294 valence electrons. The molecule has 3 unspecified atom stereocenters. The molecular weight excluding hydrogens is 684 g/mol. The molecule has 4 aromatic carbocycles. The minimum atomic E-state index is -0.754. The Hall–Kier alpha value is -4.12. The fourth-order valence-electron chi connectivity index (χ4n) is 5.55. The van der Waals surface area contributed by atoms with Gasteiger partial charge >= 0.3 is 0 Å². The Morgan fingerprint density at radius 3 is 1.06 bits per heavy atom. The molecule has 0 aromatic heterocycles.